The molecule has 3 aliphatic carbocycles. The lowest BCUT2D eigenvalue weighted by Crippen LogP contribution is -2.64. The zero-order valence-corrected chi connectivity index (χ0v) is 22.0. The fourth-order valence-corrected chi connectivity index (χ4v) is 9.29. The normalized spacial score (nSPS) is 41.4. The van der Waals surface area contributed by atoms with Gasteiger partial charge in [-0.3, -0.25) is 0 Å². The van der Waals surface area contributed by atoms with Crippen LogP contribution in [0, 0.1) is 47.3 Å². The van der Waals surface area contributed by atoms with Crippen LogP contribution < -0.4 is 11.1 Å². The summed E-state index contributed by atoms with van der Waals surface area (Å²) in [6.45, 7) is 12.2. The first kappa shape index (κ1) is 25.5. The van der Waals surface area contributed by atoms with E-state index in [-0.39, 0.29) is 5.54 Å². The first-order chi connectivity index (χ1) is 14.9. The number of nitrogens with two attached hydrogens (primary N) is 1. The van der Waals surface area contributed by atoms with Crippen LogP contribution in [0.5, 0.6) is 0 Å². The molecule has 0 amide bonds. The van der Waals surface area contributed by atoms with Gasteiger partial charge in [0.05, 0.1) is 0 Å². The summed E-state index contributed by atoms with van der Waals surface area (Å²) in [6, 6.07) is 0.346. The van der Waals surface area contributed by atoms with Crippen molar-refractivity contribution < 1.29 is 0 Å². The van der Waals surface area contributed by atoms with Crippen molar-refractivity contribution in [3.05, 3.63) is 0 Å². The monoisotopic (exact) mass is 432 g/mol. The molecule has 3 rings (SSSR count). The molecule has 3 aliphatic rings. The second-order valence-electron chi connectivity index (χ2n) is 12.3. The van der Waals surface area contributed by atoms with Crippen LogP contribution in [0.4, 0.5) is 0 Å². The van der Waals surface area contributed by atoms with E-state index in [0.717, 1.165) is 35.5 Å². The Morgan fingerprint density at radius 2 is 1.61 bits per heavy atom. The van der Waals surface area contributed by atoms with Crippen LogP contribution in [0.1, 0.15) is 118 Å². The molecule has 0 aromatic heterocycles. The third-order valence-electron chi connectivity index (χ3n) is 10.8. The smallest absolute Gasteiger partial charge is 0.0266 e. The molecule has 2 nitrogen and oxygen atoms in total. The molecule has 9 unspecified atom stereocenters. The van der Waals surface area contributed by atoms with Crippen LogP contribution in [0.25, 0.3) is 0 Å². The largest absolute Gasteiger partial charge is 0.327 e. The van der Waals surface area contributed by atoms with Crippen LogP contribution >= 0.6 is 0 Å². The van der Waals surface area contributed by atoms with Gasteiger partial charge in [-0.2, -0.15) is 0 Å². The molecule has 3 N–H and O–H groups in total. The van der Waals surface area contributed by atoms with E-state index in [1.165, 1.54) is 83.5 Å². The van der Waals surface area contributed by atoms with E-state index in [1.54, 1.807) is 0 Å². The number of rotatable bonds is 8. The van der Waals surface area contributed by atoms with Gasteiger partial charge in [-0.15, -0.1) is 0 Å². The van der Waals surface area contributed by atoms with E-state index in [4.69, 9.17) is 5.73 Å². The second kappa shape index (κ2) is 11.4. The number of fused-ring (bicyclic) bond motifs is 1. The lowest BCUT2D eigenvalue weighted by molar-refractivity contribution is -0.0385. The average Bonchev–Trinajstić information content (AvgIpc) is 3.23. The Bertz CT molecular complexity index is 531. The van der Waals surface area contributed by atoms with Crippen molar-refractivity contribution >= 4 is 0 Å². The minimum absolute atomic E-state index is 0.282. The van der Waals surface area contributed by atoms with Gasteiger partial charge in [-0.05, 0) is 80.1 Å². The SMILES string of the molecule is CCC1CCCC1C1(NC)C(C)CCCC2CCCCC2C1CC(N)C(CC)C(C)C. The summed E-state index contributed by atoms with van der Waals surface area (Å²) in [5.74, 6) is 6.43. The van der Waals surface area contributed by atoms with Gasteiger partial charge in [0.25, 0.3) is 0 Å². The van der Waals surface area contributed by atoms with E-state index in [9.17, 15) is 0 Å². The lowest BCUT2D eigenvalue weighted by Gasteiger charge is -2.58. The van der Waals surface area contributed by atoms with E-state index in [2.05, 4.69) is 47.0 Å². The highest BCUT2D eigenvalue weighted by Crippen LogP contribution is 2.56. The van der Waals surface area contributed by atoms with Crippen LogP contribution in [0.15, 0.2) is 0 Å². The second-order valence-corrected chi connectivity index (χ2v) is 12.3. The zero-order chi connectivity index (χ0) is 22.6. The Morgan fingerprint density at radius 3 is 2.26 bits per heavy atom. The standard InChI is InChI=1S/C29H56N2/c1-7-22-15-12-18-26(22)29(31-6)21(5)13-11-16-23-14-9-10-17-25(23)27(29)19-28(30)24(8-2)20(3)4/h20-28,31H,7-19,30H2,1-6H3. The fraction of sp³-hybridized carbons (Fsp3) is 1.00. The molecule has 0 spiro atoms. The Labute approximate surface area is 195 Å². The van der Waals surface area contributed by atoms with Gasteiger partial charge in [0.2, 0.25) is 0 Å². The predicted octanol–water partition coefficient (Wildman–Crippen LogP) is 7.41. The number of hydrogen-bond acceptors (Lipinski definition) is 2. The molecule has 0 aliphatic heterocycles. The highest BCUT2D eigenvalue weighted by atomic mass is 15.0. The van der Waals surface area contributed by atoms with Crippen molar-refractivity contribution in [2.75, 3.05) is 7.05 Å². The van der Waals surface area contributed by atoms with Crippen molar-refractivity contribution in [3.8, 4) is 0 Å². The molecule has 3 saturated carbocycles. The molecule has 0 radical (unpaired) electrons. The first-order valence-corrected chi connectivity index (χ1v) is 14.3. The van der Waals surface area contributed by atoms with Crippen LogP contribution in [-0.2, 0) is 0 Å². The quantitative estimate of drug-likeness (QED) is 0.419. The average molecular weight is 433 g/mol. The lowest BCUT2D eigenvalue weighted by atomic mass is 9.52. The summed E-state index contributed by atoms with van der Waals surface area (Å²) in [7, 11) is 2.33. The van der Waals surface area contributed by atoms with Crippen LogP contribution in [-0.4, -0.2) is 18.6 Å². The van der Waals surface area contributed by atoms with Crippen molar-refractivity contribution in [1.29, 1.82) is 0 Å². The maximum atomic E-state index is 7.13. The summed E-state index contributed by atoms with van der Waals surface area (Å²) < 4.78 is 0. The summed E-state index contributed by atoms with van der Waals surface area (Å²) >= 11 is 0. The van der Waals surface area contributed by atoms with E-state index < -0.39 is 0 Å². The molecular formula is C29H56N2. The third-order valence-corrected chi connectivity index (χ3v) is 10.8. The molecule has 182 valence electrons. The predicted molar refractivity (Wildman–Crippen MR) is 136 cm³/mol. The summed E-state index contributed by atoms with van der Waals surface area (Å²) in [5.41, 5.74) is 7.41. The summed E-state index contributed by atoms with van der Waals surface area (Å²) in [4.78, 5) is 0. The van der Waals surface area contributed by atoms with Gasteiger partial charge < -0.3 is 11.1 Å². The Kier molecular flexibility index (Phi) is 9.37. The van der Waals surface area contributed by atoms with Crippen LogP contribution in [0.3, 0.4) is 0 Å². The molecular weight excluding hydrogens is 376 g/mol. The van der Waals surface area contributed by atoms with Gasteiger partial charge in [0.1, 0.15) is 0 Å². The zero-order valence-electron chi connectivity index (χ0n) is 22.0. The van der Waals surface area contributed by atoms with Crippen molar-refractivity contribution in [2.45, 2.75) is 130 Å². The number of nitrogens with one attached hydrogen (secondary N) is 1. The van der Waals surface area contributed by atoms with Crippen molar-refractivity contribution in [2.24, 2.45) is 53.1 Å². The summed E-state index contributed by atoms with van der Waals surface area (Å²) in [6.07, 6.45) is 18.3. The van der Waals surface area contributed by atoms with Crippen molar-refractivity contribution in [1.82, 2.24) is 5.32 Å². The molecule has 0 aromatic carbocycles. The first-order valence-electron chi connectivity index (χ1n) is 14.3. The third kappa shape index (κ3) is 5.06. The fourth-order valence-electron chi connectivity index (χ4n) is 9.29. The molecule has 0 saturated heterocycles. The molecule has 9 atom stereocenters. The maximum Gasteiger partial charge on any atom is 0.0266 e. The topological polar surface area (TPSA) is 38.0 Å². The molecule has 0 aromatic rings. The van der Waals surface area contributed by atoms with E-state index in [1.807, 2.05) is 0 Å². The minimum Gasteiger partial charge on any atom is -0.327 e. The van der Waals surface area contributed by atoms with Crippen LogP contribution in [0.2, 0.25) is 0 Å². The molecule has 3 fully saturated rings. The molecule has 0 heterocycles. The minimum atomic E-state index is 0.282. The van der Waals surface area contributed by atoms with Gasteiger partial charge in [-0.1, -0.05) is 92.4 Å². The molecule has 31 heavy (non-hydrogen) atoms. The van der Waals surface area contributed by atoms with Gasteiger partial charge >= 0.3 is 0 Å². The maximum absolute atomic E-state index is 7.13. The highest BCUT2D eigenvalue weighted by molar-refractivity contribution is 5.10. The Morgan fingerprint density at radius 1 is 0.935 bits per heavy atom. The highest BCUT2D eigenvalue weighted by Gasteiger charge is 2.55. The van der Waals surface area contributed by atoms with E-state index in [0.29, 0.717) is 17.9 Å². The molecule has 2 heteroatoms. The van der Waals surface area contributed by atoms with E-state index >= 15 is 0 Å². The van der Waals surface area contributed by atoms with Gasteiger partial charge in [0, 0.05) is 11.6 Å². The Balaban J connectivity index is 2.04. The van der Waals surface area contributed by atoms with Gasteiger partial charge in [0.15, 0.2) is 0 Å². The summed E-state index contributed by atoms with van der Waals surface area (Å²) in [5, 5.41) is 4.16. The van der Waals surface area contributed by atoms with Crippen molar-refractivity contribution in [3.63, 3.8) is 0 Å². The molecule has 0 bridgehead atoms. The number of hydrogen-bond donors (Lipinski definition) is 2. The Hall–Kier alpha value is -0.0800. The van der Waals surface area contributed by atoms with Gasteiger partial charge in [-0.25, -0.2) is 0 Å².